The van der Waals surface area contributed by atoms with Gasteiger partial charge in [-0.25, -0.2) is 0 Å². The van der Waals surface area contributed by atoms with Gasteiger partial charge in [-0.05, 0) is 38.0 Å². The van der Waals surface area contributed by atoms with E-state index in [0.717, 1.165) is 5.56 Å². The lowest BCUT2D eigenvalue weighted by molar-refractivity contribution is 0.170. The number of ether oxygens (including phenoxy) is 1. The fourth-order valence-electron chi connectivity index (χ4n) is 1.83. The molecule has 0 heterocycles. The average molecular weight is 248 g/mol. The molecular formula is C14H20N2O2. The number of hydrogen-bond donors (Lipinski definition) is 2. The highest BCUT2D eigenvalue weighted by molar-refractivity contribution is 5.45. The van der Waals surface area contributed by atoms with E-state index in [2.05, 4.69) is 11.4 Å². The highest BCUT2D eigenvalue weighted by Crippen LogP contribution is 2.19. The summed E-state index contributed by atoms with van der Waals surface area (Å²) >= 11 is 0. The van der Waals surface area contributed by atoms with E-state index < -0.39 is 0 Å². The molecular weight excluding hydrogens is 228 g/mol. The molecule has 0 saturated carbocycles. The van der Waals surface area contributed by atoms with Gasteiger partial charge in [0, 0.05) is 12.6 Å². The van der Waals surface area contributed by atoms with Gasteiger partial charge in [0.1, 0.15) is 11.8 Å². The van der Waals surface area contributed by atoms with Gasteiger partial charge in [0.15, 0.2) is 0 Å². The third-order valence-electron chi connectivity index (χ3n) is 2.74. The Bertz CT molecular complexity index is 424. The van der Waals surface area contributed by atoms with Crippen molar-refractivity contribution in [3.8, 4) is 11.8 Å². The summed E-state index contributed by atoms with van der Waals surface area (Å²) in [5.74, 6) is 0.597. The van der Waals surface area contributed by atoms with E-state index in [1.807, 2.05) is 19.1 Å². The van der Waals surface area contributed by atoms with Crippen molar-refractivity contribution in [1.29, 1.82) is 5.26 Å². The van der Waals surface area contributed by atoms with Crippen LogP contribution in [0.5, 0.6) is 5.75 Å². The standard InChI is InChI=1S/C14H20N2O2/c1-10(6-11(2)17)16-9-12-4-5-13(8-15)14(7-12)18-3/h4-5,7,10-11,16-17H,6,9H2,1-3H3. The van der Waals surface area contributed by atoms with E-state index >= 15 is 0 Å². The summed E-state index contributed by atoms with van der Waals surface area (Å²) in [4.78, 5) is 0. The maximum Gasteiger partial charge on any atom is 0.136 e. The second-order valence-electron chi connectivity index (χ2n) is 4.51. The summed E-state index contributed by atoms with van der Waals surface area (Å²) in [6, 6.07) is 7.86. The minimum Gasteiger partial charge on any atom is -0.495 e. The molecule has 0 amide bonds. The molecule has 1 aromatic rings. The first kappa shape index (κ1) is 14.5. The van der Waals surface area contributed by atoms with E-state index in [1.165, 1.54) is 0 Å². The van der Waals surface area contributed by atoms with Crippen LogP contribution in [0.2, 0.25) is 0 Å². The zero-order valence-corrected chi connectivity index (χ0v) is 11.1. The molecule has 0 aliphatic rings. The number of rotatable bonds is 6. The van der Waals surface area contributed by atoms with Crippen molar-refractivity contribution in [1.82, 2.24) is 5.32 Å². The van der Waals surface area contributed by atoms with Crippen molar-refractivity contribution in [2.45, 2.75) is 39.0 Å². The summed E-state index contributed by atoms with van der Waals surface area (Å²) in [6.45, 7) is 4.51. The summed E-state index contributed by atoms with van der Waals surface area (Å²) in [6.07, 6.45) is 0.413. The Morgan fingerprint density at radius 3 is 2.72 bits per heavy atom. The third-order valence-corrected chi connectivity index (χ3v) is 2.74. The molecule has 4 nitrogen and oxygen atoms in total. The second-order valence-corrected chi connectivity index (χ2v) is 4.51. The van der Waals surface area contributed by atoms with Gasteiger partial charge in [-0.1, -0.05) is 6.07 Å². The summed E-state index contributed by atoms with van der Waals surface area (Å²) in [5, 5.41) is 21.5. The SMILES string of the molecule is COc1cc(CNC(C)CC(C)O)ccc1C#N. The Hall–Kier alpha value is -1.57. The zero-order valence-electron chi connectivity index (χ0n) is 11.1. The fourth-order valence-corrected chi connectivity index (χ4v) is 1.83. The van der Waals surface area contributed by atoms with Crippen molar-refractivity contribution in [2.24, 2.45) is 0 Å². The van der Waals surface area contributed by atoms with Crippen molar-refractivity contribution < 1.29 is 9.84 Å². The lowest BCUT2D eigenvalue weighted by Crippen LogP contribution is -2.28. The Labute approximate surface area is 108 Å². The molecule has 18 heavy (non-hydrogen) atoms. The molecule has 98 valence electrons. The third kappa shape index (κ3) is 4.36. The molecule has 4 heteroatoms. The Morgan fingerprint density at radius 2 is 2.17 bits per heavy atom. The predicted octanol–water partition coefficient (Wildman–Crippen LogP) is 1.82. The van der Waals surface area contributed by atoms with E-state index in [9.17, 15) is 5.11 Å². The normalized spacial score (nSPS) is 13.7. The van der Waals surface area contributed by atoms with Crippen molar-refractivity contribution in [3.63, 3.8) is 0 Å². The first-order chi connectivity index (χ1) is 8.56. The molecule has 2 N–H and O–H groups in total. The first-order valence-electron chi connectivity index (χ1n) is 6.05. The monoisotopic (exact) mass is 248 g/mol. The first-order valence-corrected chi connectivity index (χ1v) is 6.05. The Kier molecular flexibility index (Phi) is 5.63. The zero-order chi connectivity index (χ0) is 13.5. The molecule has 1 rings (SSSR count). The maximum absolute atomic E-state index is 9.27. The van der Waals surface area contributed by atoms with Gasteiger partial charge in [-0.3, -0.25) is 0 Å². The highest BCUT2D eigenvalue weighted by atomic mass is 16.5. The minimum absolute atomic E-state index is 0.242. The summed E-state index contributed by atoms with van der Waals surface area (Å²) < 4.78 is 5.16. The molecule has 0 radical (unpaired) electrons. The van der Waals surface area contributed by atoms with Crippen LogP contribution < -0.4 is 10.1 Å². The number of aliphatic hydroxyl groups is 1. The number of nitriles is 1. The molecule has 1 aromatic carbocycles. The number of benzene rings is 1. The molecule has 0 aliphatic carbocycles. The number of methoxy groups -OCH3 is 1. The quantitative estimate of drug-likeness (QED) is 0.806. The van der Waals surface area contributed by atoms with Crippen molar-refractivity contribution in [2.75, 3.05) is 7.11 Å². The second kappa shape index (κ2) is 7.00. The van der Waals surface area contributed by atoms with Crippen LogP contribution in [-0.4, -0.2) is 24.4 Å². The molecule has 0 aromatic heterocycles. The van der Waals surface area contributed by atoms with E-state index in [1.54, 1.807) is 20.1 Å². The lowest BCUT2D eigenvalue weighted by Gasteiger charge is -2.15. The molecule has 0 aliphatic heterocycles. The fraction of sp³-hybridized carbons (Fsp3) is 0.500. The van der Waals surface area contributed by atoms with Crippen LogP contribution >= 0.6 is 0 Å². The highest BCUT2D eigenvalue weighted by Gasteiger charge is 2.07. The van der Waals surface area contributed by atoms with Gasteiger partial charge < -0.3 is 15.2 Å². The van der Waals surface area contributed by atoms with Gasteiger partial charge in [-0.15, -0.1) is 0 Å². The van der Waals surface area contributed by atoms with Crippen LogP contribution in [0.4, 0.5) is 0 Å². The largest absolute Gasteiger partial charge is 0.495 e. The molecule has 0 fully saturated rings. The van der Waals surface area contributed by atoms with Crippen molar-refractivity contribution in [3.05, 3.63) is 29.3 Å². The minimum atomic E-state index is -0.303. The molecule has 0 saturated heterocycles. The van der Waals surface area contributed by atoms with Gasteiger partial charge in [0.05, 0.1) is 18.8 Å². The number of hydrogen-bond acceptors (Lipinski definition) is 4. The van der Waals surface area contributed by atoms with Crippen LogP contribution in [0.1, 0.15) is 31.4 Å². The predicted molar refractivity (Wildman–Crippen MR) is 70.3 cm³/mol. The van der Waals surface area contributed by atoms with Crippen LogP contribution in [0.15, 0.2) is 18.2 Å². The maximum atomic E-state index is 9.27. The lowest BCUT2D eigenvalue weighted by atomic mass is 10.1. The van der Waals surface area contributed by atoms with Crippen molar-refractivity contribution >= 4 is 0 Å². The molecule has 0 bridgehead atoms. The van der Waals surface area contributed by atoms with Gasteiger partial charge >= 0.3 is 0 Å². The molecule has 2 unspecified atom stereocenters. The Morgan fingerprint density at radius 1 is 1.44 bits per heavy atom. The summed E-state index contributed by atoms with van der Waals surface area (Å²) in [7, 11) is 1.56. The number of nitrogens with one attached hydrogen (secondary N) is 1. The van der Waals surface area contributed by atoms with Crippen LogP contribution in [0.25, 0.3) is 0 Å². The summed E-state index contributed by atoms with van der Waals surface area (Å²) in [5.41, 5.74) is 1.60. The van der Waals surface area contributed by atoms with E-state index in [4.69, 9.17) is 10.00 Å². The molecule has 2 atom stereocenters. The van der Waals surface area contributed by atoms with E-state index in [0.29, 0.717) is 24.3 Å². The smallest absolute Gasteiger partial charge is 0.136 e. The van der Waals surface area contributed by atoms with Gasteiger partial charge in [0.2, 0.25) is 0 Å². The average Bonchev–Trinajstić information content (AvgIpc) is 2.35. The molecule has 0 spiro atoms. The van der Waals surface area contributed by atoms with Crippen LogP contribution in [-0.2, 0) is 6.54 Å². The van der Waals surface area contributed by atoms with Crippen LogP contribution in [0, 0.1) is 11.3 Å². The number of aliphatic hydroxyl groups excluding tert-OH is 1. The van der Waals surface area contributed by atoms with Crippen LogP contribution in [0.3, 0.4) is 0 Å². The van der Waals surface area contributed by atoms with E-state index in [-0.39, 0.29) is 12.1 Å². The Balaban J connectivity index is 2.61. The topological polar surface area (TPSA) is 65.3 Å². The van der Waals surface area contributed by atoms with Gasteiger partial charge in [0.25, 0.3) is 0 Å². The van der Waals surface area contributed by atoms with Gasteiger partial charge in [-0.2, -0.15) is 5.26 Å². The number of nitrogens with zero attached hydrogens (tertiary/aromatic N) is 1.